The summed E-state index contributed by atoms with van der Waals surface area (Å²) in [6, 6.07) is 7.91. The highest BCUT2D eigenvalue weighted by molar-refractivity contribution is 5.81. The van der Waals surface area contributed by atoms with E-state index in [1.807, 2.05) is 38.4 Å². The third-order valence-electron chi connectivity index (χ3n) is 5.42. The van der Waals surface area contributed by atoms with E-state index in [2.05, 4.69) is 15.5 Å². The Kier molecular flexibility index (Phi) is 9.28. The molecule has 2 N–H and O–H groups in total. The second-order valence-electron chi connectivity index (χ2n) is 7.89. The number of hydrogen-bond acceptors (Lipinski definition) is 4. The maximum Gasteiger partial charge on any atom is 0.223 e. The Labute approximate surface area is 169 Å². The van der Waals surface area contributed by atoms with Crippen molar-refractivity contribution in [3.05, 3.63) is 29.8 Å². The van der Waals surface area contributed by atoms with E-state index in [0.717, 1.165) is 57.4 Å². The van der Waals surface area contributed by atoms with E-state index < -0.39 is 0 Å². The van der Waals surface area contributed by atoms with Crippen molar-refractivity contribution in [1.29, 1.82) is 0 Å². The Bertz CT molecular complexity index is 608. The van der Waals surface area contributed by atoms with Crippen molar-refractivity contribution in [2.24, 2.45) is 11.8 Å². The number of ether oxygens (including phenoxy) is 1. The Morgan fingerprint density at radius 2 is 1.50 bits per heavy atom. The highest BCUT2D eigenvalue weighted by Gasteiger charge is 2.29. The van der Waals surface area contributed by atoms with E-state index in [1.165, 1.54) is 5.56 Å². The summed E-state index contributed by atoms with van der Waals surface area (Å²) in [5.41, 5.74) is 1.18. The number of hydrogen-bond donors (Lipinski definition) is 2. The number of methoxy groups -OCH3 is 1. The number of amides is 2. The quantitative estimate of drug-likeness (QED) is 0.602. The maximum absolute atomic E-state index is 12.4. The maximum atomic E-state index is 12.4. The van der Waals surface area contributed by atoms with Gasteiger partial charge in [-0.05, 0) is 76.9 Å². The molecule has 1 aliphatic rings. The molecule has 28 heavy (non-hydrogen) atoms. The molecule has 6 heteroatoms. The number of rotatable bonds is 10. The second-order valence-corrected chi connectivity index (χ2v) is 7.89. The van der Waals surface area contributed by atoms with Gasteiger partial charge < -0.3 is 20.3 Å². The first kappa shape index (κ1) is 22.2. The fourth-order valence-electron chi connectivity index (χ4n) is 3.64. The molecule has 0 saturated heterocycles. The molecule has 0 atom stereocenters. The van der Waals surface area contributed by atoms with Crippen LogP contribution in [0.4, 0.5) is 0 Å². The average molecular weight is 390 g/mol. The first-order chi connectivity index (χ1) is 13.5. The van der Waals surface area contributed by atoms with Crippen molar-refractivity contribution in [2.75, 3.05) is 40.8 Å². The molecule has 0 unspecified atom stereocenters. The van der Waals surface area contributed by atoms with E-state index in [4.69, 9.17) is 4.74 Å². The van der Waals surface area contributed by atoms with Gasteiger partial charge in [-0.2, -0.15) is 0 Å². The van der Waals surface area contributed by atoms with Crippen LogP contribution >= 0.6 is 0 Å². The molecule has 0 aromatic heterocycles. The molecule has 2 rings (SSSR count). The summed E-state index contributed by atoms with van der Waals surface area (Å²) in [7, 11) is 5.72. The van der Waals surface area contributed by atoms with Gasteiger partial charge in [-0.3, -0.25) is 9.59 Å². The zero-order valence-electron chi connectivity index (χ0n) is 17.5. The minimum Gasteiger partial charge on any atom is -0.497 e. The largest absolute Gasteiger partial charge is 0.497 e. The minimum absolute atomic E-state index is 0.0358. The van der Waals surface area contributed by atoms with Crippen molar-refractivity contribution in [3.8, 4) is 5.75 Å². The molecule has 1 aliphatic carbocycles. The monoisotopic (exact) mass is 389 g/mol. The minimum atomic E-state index is 0.0358. The van der Waals surface area contributed by atoms with E-state index in [1.54, 1.807) is 7.11 Å². The molecule has 156 valence electrons. The molecule has 0 spiro atoms. The highest BCUT2D eigenvalue weighted by Crippen LogP contribution is 2.29. The topological polar surface area (TPSA) is 70.7 Å². The highest BCUT2D eigenvalue weighted by atomic mass is 16.5. The number of nitrogens with one attached hydrogen (secondary N) is 2. The van der Waals surface area contributed by atoms with Gasteiger partial charge in [-0.1, -0.05) is 12.1 Å². The van der Waals surface area contributed by atoms with E-state index in [-0.39, 0.29) is 23.7 Å². The molecule has 1 saturated carbocycles. The average Bonchev–Trinajstić information content (AvgIpc) is 2.71. The molecule has 0 bridgehead atoms. The fourth-order valence-corrected chi connectivity index (χ4v) is 3.64. The summed E-state index contributed by atoms with van der Waals surface area (Å²) in [4.78, 5) is 26.8. The fraction of sp³-hybridized carbons (Fsp3) is 0.636. The first-order valence-corrected chi connectivity index (χ1v) is 10.3. The van der Waals surface area contributed by atoms with Gasteiger partial charge >= 0.3 is 0 Å². The van der Waals surface area contributed by atoms with Gasteiger partial charge in [0.2, 0.25) is 11.8 Å². The number of carbonyl (C=O) groups is 2. The van der Waals surface area contributed by atoms with Gasteiger partial charge in [0.25, 0.3) is 0 Å². The standard InChI is InChI=1S/C22H35N3O3/c1-25(2)16-4-14-23-21(26)18-7-9-19(10-8-18)22(27)24-15-13-17-5-11-20(28-3)12-6-17/h5-6,11-12,18-19H,4,7-10,13-16H2,1-3H3,(H,23,26)(H,24,27). The molecular formula is C22H35N3O3. The lowest BCUT2D eigenvalue weighted by molar-refractivity contribution is -0.130. The van der Waals surface area contributed by atoms with Crippen LogP contribution in [0.25, 0.3) is 0 Å². The molecule has 0 aliphatic heterocycles. The summed E-state index contributed by atoms with van der Waals surface area (Å²) in [6.07, 6.45) is 4.96. The van der Waals surface area contributed by atoms with Gasteiger partial charge in [0, 0.05) is 24.9 Å². The van der Waals surface area contributed by atoms with Crippen LogP contribution in [-0.2, 0) is 16.0 Å². The summed E-state index contributed by atoms with van der Waals surface area (Å²) in [5, 5.41) is 6.09. The van der Waals surface area contributed by atoms with Crippen LogP contribution in [0.5, 0.6) is 5.75 Å². The third kappa shape index (κ3) is 7.50. The van der Waals surface area contributed by atoms with Gasteiger partial charge in [-0.15, -0.1) is 0 Å². The van der Waals surface area contributed by atoms with Crippen LogP contribution in [0.1, 0.15) is 37.7 Å². The SMILES string of the molecule is COc1ccc(CCNC(=O)C2CCC(C(=O)NCCCN(C)C)CC2)cc1. The van der Waals surface area contributed by atoms with Gasteiger partial charge in [0.1, 0.15) is 5.75 Å². The van der Waals surface area contributed by atoms with Crippen LogP contribution in [-0.4, -0.2) is 57.6 Å². The van der Waals surface area contributed by atoms with Crippen molar-refractivity contribution < 1.29 is 14.3 Å². The Balaban J connectivity index is 1.62. The summed E-state index contributed by atoms with van der Waals surface area (Å²) < 4.78 is 5.15. The Morgan fingerprint density at radius 1 is 0.964 bits per heavy atom. The summed E-state index contributed by atoms with van der Waals surface area (Å²) in [5.74, 6) is 1.21. The van der Waals surface area contributed by atoms with Gasteiger partial charge in [0.15, 0.2) is 0 Å². The Hall–Kier alpha value is -2.08. The van der Waals surface area contributed by atoms with Crippen molar-refractivity contribution in [3.63, 3.8) is 0 Å². The van der Waals surface area contributed by atoms with Crippen LogP contribution in [0, 0.1) is 11.8 Å². The number of carbonyl (C=O) groups excluding carboxylic acids is 2. The van der Waals surface area contributed by atoms with Crippen molar-refractivity contribution in [1.82, 2.24) is 15.5 Å². The molecule has 1 aromatic rings. The van der Waals surface area contributed by atoms with Crippen molar-refractivity contribution in [2.45, 2.75) is 38.5 Å². The molecule has 1 fully saturated rings. The predicted molar refractivity (Wildman–Crippen MR) is 111 cm³/mol. The van der Waals surface area contributed by atoms with E-state index >= 15 is 0 Å². The molecule has 1 aromatic carbocycles. The Morgan fingerprint density at radius 3 is 2.00 bits per heavy atom. The summed E-state index contributed by atoms with van der Waals surface area (Å²) in [6.45, 7) is 2.34. The lowest BCUT2D eigenvalue weighted by Crippen LogP contribution is -2.38. The number of nitrogens with zero attached hydrogens (tertiary/aromatic N) is 1. The van der Waals surface area contributed by atoms with Gasteiger partial charge in [0.05, 0.1) is 7.11 Å². The molecule has 0 radical (unpaired) electrons. The van der Waals surface area contributed by atoms with Gasteiger partial charge in [-0.25, -0.2) is 0 Å². The van der Waals surface area contributed by atoms with Crippen LogP contribution < -0.4 is 15.4 Å². The zero-order chi connectivity index (χ0) is 20.4. The van der Waals surface area contributed by atoms with Crippen LogP contribution in [0.3, 0.4) is 0 Å². The third-order valence-corrected chi connectivity index (χ3v) is 5.42. The summed E-state index contributed by atoms with van der Waals surface area (Å²) >= 11 is 0. The number of benzene rings is 1. The van der Waals surface area contributed by atoms with Crippen LogP contribution in [0.15, 0.2) is 24.3 Å². The first-order valence-electron chi connectivity index (χ1n) is 10.3. The molecule has 0 heterocycles. The normalized spacial score (nSPS) is 19.3. The van der Waals surface area contributed by atoms with E-state index in [9.17, 15) is 9.59 Å². The molecular weight excluding hydrogens is 354 g/mol. The lowest BCUT2D eigenvalue weighted by Gasteiger charge is -2.27. The van der Waals surface area contributed by atoms with Crippen LogP contribution in [0.2, 0.25) is 0 Å². The van der Waals surface area contributed by atoms with Crippen molar-refractivity contribution >= 4 is 11.8 Å². The zero-order valence-corrected chi connectivity index (χ0v) is 17.5. The van der Waals surface area contributed by atoms with E-state index in [0.29, 0.717) is 6.54 Å². The molecule has 2 amide bonds. The smallest absolute Gasteiger partial charge is 0.223 e. The lowest BCUT2D eigenvalue weighted by atomic mass is 9.81. The second kappa shape index (κ2) is 11.7. The molecule has 6 nitrogen and oxygen atoms in total. The predicted octanol–water partition coefficient (Wildman–Crippen LogP) is 2.23.